The summed E-state index contributed by atoms with van der Waals surface area (Å²) in [5.74, 6) is -0.106. The predicted octanol–water partition coefficient (Wildman–Crippen LogP) is 1.20. The van der Waals surface area contributed by atoms with Crippen molar-refractivity contribution in [2.75, 3.05) is 40.1 Å². The zero-order valence-electron chi connectivity index (χ0n) is 12.0. The van der Waals surface area contributed by atoms with Gasteiger partial charge in [-0.25, -0.2) is 0 Å². The molecule has 18 heavy (non-hydrogen) atoms. The number of hydrogen-bond donors (Lipinski definition) is 1. The summed E-state index contributed by atoms with van der Waals surface area (Å²) >= 11 is 0. The Morgan fingerprint density at radius 3 is 2.39 bits per heavy atom. The summed E-state index contributed by atoms with van der Waals surface area (Å²) in [5, 5.41) is 0. The van der Waals surface area contributed by atoms with E-state index in [9.17, 15) is 4.79 Å². The number of hydrogen-bond acceptors (Lipinski definition) is 5. The molecule has 1 unspecified atom stereocenters. The molecule has 5 heteroatoms. The monoisotopic (exact) mass is 261 g/mol. The van der Waals surface area contributed by atoms with Crippen LogP contribution in [0.25, 0.3) is 0 Å². The molecule has 0 aromatic carbocycles. The average Bonchev–Trinajstić information content (AvgIpc) is 2.34. The Morgan fingerprint density at radius 2 is 1.94 bits per heavy atom. The van der Waals surface area contributed by atoms with Gasteiger partial charge in [0.05, 0.1) is 25.2 Å². The highest BCUT2D eigenvalue weighted by Crippen LogP contribution is 2.32. The molecule has 0 saturated heterocycles. The number of methoxy groups -OCH3 is 1. The van der Waals surface area contributed by atoms with Crippen LogP contribution in [0.4, 0.5) is 0 Å². The van der Waals surface area contributed by atoms with Crippen molar-refractivity contribution in [2.24, 2.45) is 17.1 Å². The van der Waals surface area contributed by atoms with Crippen LogP contribution in [0.1, 0.15) is 27.2 Å². The quantitative estimate of drug-likeness (QED) is 0.472. The Labute approximate surface area is 110 Å². The Balaban J connectivity index is 4.42. The molecule has 0 saturated carbocycles. The second-order valence-corrected chi connectivity index (χ2v) is 4.59. The Bertz CT molecular complexity index is 233. The van der Waals surface area contributed by atoms with Gasteiger partial charge in [0.25, 0.3) is 0 Å². The van der Waals surface area contributed by atoms with Crippen molar-refractivity contribution in [3.63, 3.8) is 0 Å². The Kier molecular flexibility index (Phi) is 8.97. The highest BCUT2D eigenvalue weighted by molar-refractivity contribution is 5.77. The van der Waals surface area contributed by atoms with Gasteiger partial charge in [-0.3, -0.25) is 4.79 Å². The molecule has 1 atom stereocenters. The third kappa shape index (κ3) is 4.92. The molecule has 0 amide bonds. The lowest BCUT2D eigenvalue weighted by atomic mass is 9.74. The molecule has 0 aromatic rings. The normalized spacial score (nSPS) is 14.6. The maximum absolute atomic E-state index is 12.1. The fourth-order valence-corrected chi connectivity index (χ4v) is 1.82. The van der Waals surface area contributed by atoms with Crippen molar-refractivity contribution in [2.45, 2.75) is 27.2 Å². The van der Waals surface area contributed by atoms with Crippen LogP contribution in [0, 0.1) is 11.3 Å². The second kappa shape index (κ2) is 9.30. The van der Waals surface area contributed by atoms with Gasteiger partial charge in [0.1, 0.15) is 0 Å². The van der Waals surface area contributed by atoms with Gasteiger partial charge in [-0.15, -0.1) is 0 Å². The molecule has 0 aliphatic heterocycles. The first-order valence-corrected chi connectivity index (χ1v) is 6.49. The van der Waals surface area contributed by atoms with Gasteiger partial charge >= 0.3 is 5.97 Å². The van der Waals surface area contributed by atoms with Gasteiger partial charge in [-0.05, 0) is 19.3 Å². The van der Waals surface area contributed by atoms with E-state index >= 15 is 0 Å². The molecular weight excluding hydrogens is 234 g/mol. The molecule has 2 N–H and O–H groups in total. The Hall–Kier alpha value is -0.650. The lowest BCUT2D eigenvalue weighted by Gasteiger charge is -2.33. The first-order chi connectivity index (χ1) is 8.55. The van der Waals surface area contributed by atoms with Gasteiger partial charge in [0, 0.05) is 20.3 Å². The minimum absolute atomic E-state index is 0.118. The third-order valence-corrected chi connectivity index (χ3v) is 3.28. The van der Waals surface area contributed by atoms with Crippen molar-refractivity contribution in [1.29, 1.82) is 0 Å². The largest absolute Gasteiger partial charge is 0.466 e. The predicted molar refractivity (Wildman–Crippen MR) is 70.3 cm³/mol. The maximum Gasteiger partial charge on any atom is 0.313 e. The molecule has 0 aromatic heterocycles. The van der Waals surface area contributed by atoms with Crippen LogP contribution in [-0.2, 0) is 19.0 Å². The van der Waals surface area contributed by atoms with Crippen molar-refractivity contribution in [1.82, 2.24) is 0 Å². The minimum atomic E-state index is -0.650. The minimum Gasteiger partial charge on any atom is -0.466 e. The van der Waals surface area contributed by atoms with Crippen molar-refractivity contribution in [3.8, 4) is 0 Å². The highest BCUT2D eigenvalue weighted by atomic mass is 16.5. The number of carbonyl (C=O) groups excluding carboxylic acids is 1. The van der Waals surface area contributed by atoms with Crippen LogP contribution < -0.4 is 5.73 Å². The van der Waals surface area contributed by atoms with Crippen LogP contribution in [0.15, 0.2) is 0 Å². The van der Waals surface area contributed by atoms with E-state index in [1.54, 1.807) is 14.0 Å². The van der Waals surface area contributed by atoms with Crippen LogP contribution in [-0.4, -0.2) is 46.1 Å². The molecule has 0 rings (SSSR count). The van der Waals surface area contributed by atoms with Crippen molar-refractivity contribution < 1.29 is 19.0 Å². The Morgan fingerprint density at radius 1 is 1.28 bits per heavy atom. The molecule has 108 valence electrons. The average molecular weight is 261 g/mol. The summed E-state index contributed by atoms with van der Waals surface area (Å²) in [4.78, 5) is 12.1. The fraction of sp³-hybridized carbons (Fsp3) is 0.923. The van der Waals surface area contributed by atoms with Gasteiger partial charge < -0.3 is 19.9 Å². The van der Waals surface area contributed by atoms with Gasteiger partial charge in [0.2, 0.25) is 0 Å². The maximum atomic E-state index is 12.1. The molecular formula is C13H27NO4. The van der Waals surface area contributed by atoms with Gasteiger partial charge in [0.15, 0.2) is 0 Å². The first kappa shape index (κ1) is 17.4. The van der Waals surface area contributed by atoms with Crippen LogP contribution in [0.5, 0.6) is 0 Å². The molecule has 0 aliphatic rings. The molecule has 5 nitrogen and oxygen atoms in total. The van der Waals surface area contributed by atoms with E-state index in [4.69, 9.17) is 19.9 Å². The van der Waals surface area contributed by atoms with E-state index in [2.05, 4.69) is 0 Å². The van der Waals surface area contributed by atoms with Gasteiger partial charge in [-0.1, -0.05) is 13.8 Å². The number of rotatable bonds is 10. The molecule has 0 spiro atoms. The van der Waals surface area contributed by atoms with E-state index in [-0.39, 0.29) is 18.4 Å². The van der Waals surface area contributed by atoms with Crippen molar-refractivity contribution in [3.05, 3.63) is 0 Å². The second-order valence-electron chi connectivity index (χ2n) is 4.59. The molecule has 0 bridgehead atoms. The molecule has 0 radical (unpaired) electrons. The van der Waals surface area contributed by atoms with E-state index < -0.39 is 5.41 Å². The number of carbonyl (C=O) groups is 1. The van der Waals surface area contributed by atoms with Crippen molar-refractivity contribution >= 4 is 5.97 Å². The first-order valence-electron chi connectivity index (χ1n) is 6.49. The van der Waals surface area contributed by atoms with E-state index in [0.717, 1.165) is 0 Å². The third-order valence-electron chi connectivity index (χ3n) is 3.28. The van der Waals surface area contributed by atoms with E-state index in [1.165, 1.54) is 0 Å². The summed E-state index contributed by atoms with van der Waals surface area (Å²) < 4.78 is 15.5. The highest BCUT2D eigenvalue weighted by Gasteiger charge is 2.41. The number of nitrogens with two attached hydrogens (primary N) is 1. The van der Waals surface area contributed by atoms with E-state index in [1.807, 2.05) is 13.8 Å². The van der Waals surface area contributed by atoms with E-state index in [0.29, 0.717) is 32.8 Å². The SMILES string of the molecule is CCOC(=O)C(CN)(CCOCCOC)C(C)C. The fourth-order valence-electron chi connectivity index (χ4n) is 1.82. The van der Waals surface area contributed by atoms with Crippen LogP contribution in [0.2, 0.25) is 0 Å². The lowest BCUT2D eigenvalue weighted by Crippen LogP contribution is -2.45. The zero-order valence-corrected chi connectivity index (χ0v) is 12.0. The summed E-state index contributed by atoms with van der Waals surface area (Å²) in [6, 6.07) is 0. The van der Waals surface area contributed by atoms with Gasteiger partial charge in [-0.2, -0.15) is 0 Å². The number of esters is 1. The summed E-state index contributed by atoms with van der Waals surface area (Å²) in [5.41, 5.74) is 5.15. The zero-order chi connectivity index (χ0) is 14.0. The summed E-state index contributed by atoms with van der Waals surface area (Å²) in [7, 11) is 1.63. The standard InChI is InChI=1S/C13H27NO4/c1-5-18-12(15)13(10-14,11(2)3)6-7-17-9-8-16-4/h11H,5-10,14H2,1-4H3. The molecule has 0 heterocycles. The topological polar surface area (TPSA) is 70.8 Å². The lowest BCUT2D eigenvalue weighted by molar-refractivity contribution is -0.159. The summed E-state index contributed by atoms with van der Waals surface area (Å²) in [6.45, 7) is 7.98. The number of ether oxygens (including phenoxy) is 3. The van der Waals surface area contributed by atoms with Crippen LogP contribution in [0.3, 0.4) is 0 Å². The smallest absolute Gasteiger partial charge is 0.313 e. The van der Waals surface area contributed by atoms with Crippen LogP contribution >= 0.6 is 0 Å². The molecule has 0 aliphatic carbocycles. The molecule has 0 fully saturated rings. The summed E-state index contributed by atoms with van der Waals surface area (Å²) in [6.07, 6.45) is 0.573.